The minimum Gasteiger partial charge on any atom is -0.392 e. The highest BCUT2D eigenvalue weighted by molar-refractivity contribution is 14.1. The van der Waals surface area contributed by atoms with Gasteiger partial charge in [0, 0.05) is 9.64 Å². The summed E-state index contributed by atoms with van der Waals surface area (Å²) in [6, 6.07) is 3.28. The summed E-state index contributed by atoms with van der Waals surface area (Å²) in [5.74, 6) is 0. The van der Waals surface area contributed by atoms with Gasteiger partial charge in [-0.2, -0.15) is 0 Å². The second-order valence-corrected chi connectivity index (χ2v) is 3.60. The van der Waals surface area contributed by atoms with Gasteiger partial charge in [0.05, 0.1) is 4.92 Å². The van der Waals surface area contributed by atoms with E-state index in [1.165, 1.54) is 6.07 Å². The Hall–Kier alpha value is -0.785. The van der Waals surface area contributed by atoms with E-state index in [1.807, 2.05) is 28.7 Å². The number of nitrogens with zero attached hydrogens (tertiary/aromatic N) is 1. The van der Waals surface area contributed by atoms with Gasteiger partial charge in [0.1, 0.15) is 13.5 Å². The van der Waals surface area contributed by atoms with Crippen molar-refractivity contribution in [2.45, 2.75) is 0 Å². The van der Waals surface area contributed by atoms with Crippen LogP contribution in [0.1, 0.15) is 0 Å². The number of nitro benzene ring substituents is 1. The second-order valence-electron chi connectivity index (χ2n) is 2.44. The molecule has 1 aromatic rings. The van der Waals surface area contributed by atoms with E-state index in [9.17, 15) is 10.1 Å². The van der Waals surface area contributed by atoms with Crippen molar-refractivity contribution in [1.29, 1.82) is 0 Å². The van der Waals surface area contributed by atoms with Gasteiger partial charge < -0.3 is 5.73 Å². The smallest absolute Gasteiger partial charge is 0.292 e. The molecular weight excluding hydrogens is 270 g/mol. The summed E-state index contributed by atoms with van der Waals surface area (Å²) in [6.45, 7) is 0. The molecule has 0 aliphatic heterocycles. The van der Waals surface area contributed by atoms with Crippen LogP contribution in [0.25, 0.3) is 0 Å². The largest absolute Gasteiger partial charge is 0.392 e. The van der Waals surface area contributed by atoms with Gasteiger partial charge in [0.15, 0.2) is 0 Å². The summed E-state index contributed by atoms with van der Waals surface area (Å²) >= 11 is 1.98. The molecule has 0 bridgehead atoms. The first-order valence-corrected chi connectivity index (χ1v) is 4.30. The molecule has 62 valence electrons. The van der Waals surface area contributed by atoms with E-state index in [1.54, 1.807) is 7.85 Å². The molecule has 0 aliphatic carbocycles. The normalized spacial score (nSPS) is 9.75. The zero-order valence-corrected chi connectivity index (χ0v) is 8.53. The Morgan fingerprint density at radius 1 is 1.58 bits per heavy atom. The fourth-order valence-corrected chi connectivity index (χ4v) is 1.65. The molecule has 12 heavy (non-hydrogen) atoms. The number of anilines is 1. The zero-order chi connectivity index (χ0) is 9.30. The Labute approximate surface area is 83.8 Å². The van der Waals surface area contributed by atoms with Gasteiger partial charge in [-0.25, -0.2) is 0 Å². The van der Waals surface area contributed by atoms with Crippen LogP contribution < -0.4 is 11.2 Å². The van der Waals surface area contributed by atoms with Crippen molar-refractivity contribution < 1.29 is 4.92 Å². The summed E-state index contributed by atoms with van der Waals surface area (Å²) in [5.41, 5.74) is 6.58. The van der Waals surface area contributed by atoms with Crippen molar-refractivity contribution in [2.24, 2.45) is 0 Å². The first kappa shape index (κ1) is 9.30. The number of nitro groups is 1. The molecule has 6 heteroatoms. The number of nitrogens with two attached hydrogens (primary N) is 1. The van der Waals surface area contributed by atoms with E-state index >= 15 is 0 Å². The highest BCUT2D eigenvalue weighted by atomic mass is 127. The first-order chi connectivity index (χ1) is 5.52. The molecule has 0 radical (unpaired) electrons. The third kappa shape index (κ3) is 1.68. The summed E-state index contributed by atoms with van der Waals surface area (Å²) in [5, 5.41) is 10.4. The predicted molar refractivity (Wildman–Crippen MR) is 58.4 cm³/mol. The van der Waals surface area contributed by atoms with Gasteiger partial charge >= 0.3 is 0 Å². The van der Waals surface area contributed by atoms with Gasteiger partial charge in [0.2, 0.25) is 0 Å². The number of hydrogen-bond acceptors (Lipinski definition) is 3. The molecule has 0 unspecified atom stereocenters. The first-order valence-electron chi connectivity index (χ1n) is 3.22. The monoisotopic (exact) mass is 276 g/mol. The molecule has 0 atom stereocenters. The van der Waals surface area contributed by atoms with Gasteiger partial charge in [-0.3, -0.25) is 10.1 Å². The molecular formula is C6H6BIN2O2. The molecule has 0 saturated carbocycles. The molecule has 1 rings (SSSR count). The Kier molecular flexibility index (Phi) is 2.56. The van der Waals surface area contributed by atoms with E-state index < -0.39 is 4.92 Å². The van der Waals surface area contributed by atoms with Gasteiger partial charge in [-0.1, -0.05) is 11.5 Å². The molecule has 0 fully saturated rings. The lowest BCUT2D eigenvalue weighted by molar-refractivity contribution is -0.383. The van der Waals surface area contributed by atoms with Crippen LogP contribution >= 0.6 is 22.6 Å². The summed E-state index contributed by atoms with van der Waals surface area (Å²) in [4.78, 5) is 9.98. The van der Waals surface area contributed by atoms with E-state index in [2.05, 4.69) is 0 Å². The quantitative estimate of drug-likeness (QED) is 0.259. The average Bonchev–Trinajstić information content (AvgIpc) is 1.96. The van der Waals surface area contributed by atoms with Gasteiger partial charge in [-0.05, 0) is 22.6 Å². The number of benzene rings is 1. The SMILES string of the molecule is Bc1cc(I)c(N)c([N+](=O)[O-])c1. The topological polar surface area (TPSA) is 69.2 Å². The number of halogens is 1. The fourth-order valence-electron chi connectivity index (χ4n) is 0.886. The third-order valence-corrected chi connectivity index (χ3v) is 2.34. The third-order valence-electron chi connectivity index (χ3n) is 1.45. The van der Waals surface area contributed by atoms with Crippen LogP contribution in [0.2, 0.25) is 0 Å². The Bertz CT molecular complexity index is 343. The van der Waals surface area contributed by atoms with Crippen molar-refractivity contribution in [3.8, 4) is 0 Å². The molecule has 0 saturated heterocycles. The molecule has 0 amide bonds. The van der Waals surface area contributed by atoms with Crippen LogP contribution in [0.4, 0.5) is 11.4 Å². The van der Waals surface area contributed by atoms with Crippen LogP contribution in [-0.2, 0) is 0 Å². The van der Waals surface area contributed by atoms with Crippen LogP contribution in [0.5, 0.6) is 0 Å². The fraction of sp³-hybridized carbons (Fsp3) is 0. The van der Waals surface area contributed by atoms with Crippen LogP contribution in [-0.4, -0.2) is 12.8 Å². The molecule has 0 spiro atoms. The van der Waals surface area contributed by atoms with E-state index in [4.69, 9.17) is 5.73 Å². The molecule has 0 aromatic heterocycles. The summed E-state index contributed by atoms with van der Waals surface area (Å²) in [6.07, 6.45) is 0. The van der Waals surface area contributed by atoms with Crippen LogP contribution in [0, 0.1) is 13.7 Å². The highest BCUT2D eigenvalue weighted by Crippen LogP contribution is 2.24. The van der Waals surface area contributed by atoms with Crippen molar-refractivity contribution in [2.75, 3.05) is 5.73 Å². The van der Waals surface area contributed by atoms with Gasteiger partial charge in [-0.15, -0.1) is 0 Å². The number of hydrogen-bond donors (Lipinski definition) is 1. The maximum Gasteiger partial charge on any atom is 0.292 e. The number of nitrogen functional groups attached to an aromatic ring is 1. The van der Waals surface area contributed by atoms with E-state index in [0.717, 1.165) is 9.03 Å². The van der Waals surface area contributed by atoms with Crippen molar-refractivity contribution in [1.82, 2.24) is 0 Å². The standard InChI is InChI=1S/C6H6BIN2O2/c7-3-1-4(8)6(9)5(2-3)10(11)12/h1-2H,7,9H2. The lowest BCUT2D eigenvalue weighted by Gasteiger charge is -2.00. The summed E-state index contributed by atoms with van der Waals surface area (Å²) < 4.78 is 0.722. The summed E-state index contributed by atoms with van der Waals surface area (Å²) in [7, 11) is 1.80. The highest BCUT2D eigenvalue weighted by Gasteiger charge is 2.13. The van der Waals surface area contributed by atoms with E-state index in [0.29, 0.717) is 0 Å². The van der Waals surface area contributed by atoms with Crippen molar-refractivity contribution in [3.05, 3.63) is 25.8 Å². The molecule has 1 aromatic carbocycles. The minimum absolute atomic E-state index is 0.0144. The maximum absolute atomic E-state index is 10.4. The lowest BCUT2D eigenvalue weighted by Crippen LogP contribution is -2.08. The average molecular weight is 276 g/mol. The van der Waals surface area contributed by atoms with Crippen molar-refractivity contribution >= 4 is 47.3 Å². The molecule has 0 aliphatic rings. The number of rotatable bonds is 1. The predicted octanol–water partition coefficient (Wildman–Crippen LogP) is 0.0400. The van der Waals surface area contributed by atoms with Crippen LogP contribution in [0.3, 0.4) is 0 Å². The minimum atomic E-state index is -0.468. The molecule has 2 N–H and O–H groups in total. The van der Waals surface area contributed by atoms with E-state index in [-0.39, 0.29) is 11.4 Å². The lowest BCUT2D eigenvalue weighted by atomic mass is 9.95. The van der Waals surface area contributed by atoms with Crippen molar-refractivity contribution in [3.63, 3.8) is 0 Å². The Morgan fingerprint density at radius 2 is 2.17 bits per heavy atom. The molecule has 0 heterocycles. The second kappa shape index (κ2) is 3.30. The van der Waals surface area contributed by atoms with Gasteiger partial charge in [0.25, 0.3) is 5.69 Å². The maximum atomic E-state index is 10.4. The Balaban J connectivity index is 3.37. The zero-order valence-electron chi connectivity index (χ0n) is 6.37. The molecule has 4 nitrogen and oxygen atoms in total. The van der Waals surface area contributed by atoms with Crippen LogP contribution in [0.15, 0.2) is 12.1 Å². The Morgan fingerprint density at radius 3 is 2.67 bits per heavy atom.